The van der Waals surface area contributed by atoms with Crippen molar-refractivity contribution < 1.29 is 4.79 Å². The molecule has 5 rings (SSSR count). The molecule has 0 saturated heterocycles. The first-order valence-electron chi connectivity index (χ1n) is 11.7. The number of rotatable bonds is 5. The summed E-state index contributed by atoms with van der Waals surface area (Å²) in [6.45, 7) is 0. The van der Waals surface area contributed by atoms with Gasteiger partial charge in [-0.2, -0.15) is 0 Å². The second-order valence-electron chi connectivity index (χ2n) is 8.83. The molecule has 0 radical (unpaired) electrons. The molecule has 0 saturated carbocycles. The lowest BCUT2D eigenvalue weighted by Crippen LogP contribution is -2.05. The van der Waals surface area contributed by atoms with Crippen LogP contribution >= 0.6 is 0 Å². The van der Waals surface area contributed by atoms with Gasteiger partial charge in [-0.3, -0.25) is 4.79 Å². The first-order valence-corrected chi connectivity index (χ1v) is 11.7. The minimum absolute atomic E-state index is 0.448. The third kappa shape index (κ3) is 4.45. The van der Waals surface area contributed by atoms with Crippen molar-refractivity contribution in [1.82, 2.24) is 9.97 Å². The zero-order chi connectivity index (χ0) is 21.8. The van der Waals surface area contributed by atoms with Crippen LogP contribution in [0.1, 0.15) is 66.2 Å². The molecule has 1 aliphatic carbocycles. The van der Waals surface area contributed by atoms with Crippen LogP contribution in [-0.4, -0.2) is 22.0 Å². The Morgan fingerprint density at radius 1 is 1.03 bits per heavy atom. The number of hydrogen-bond acceptors (Lipinski definition) is 2. The maximum absolute atomic E-state index is 11.8. The van der Waals surface area contributed by atoms with Gasteiger partial charge in [0.05, 0.1) is 17.1 Å². The molecule has 162 valence electrons. The second kappa shape index (κ2) is 9.39. The Bertz CT molecular complexity index is 1160. The van der Waals surface area contributed by atoms with Crippen molar-refractivity contribution in [2.45, 2.75) is 50.9 Å². The van der Waals surface area contributed by atoms with Gasteiger partial charge in [-0.25, -0.2) is 4.99 Å². The zero-order valence-corrected chi connectivity index (χ0v) is 18.3. The second-order valence-corrected chi connectivity index (χ2v) is 8.83. The molecule has 32 heavy (non-hydrogen) atoms. The Hall–Kier alpha value is -3.40. The van der Waals surface area contributed by atoms with Crippen molar-refractivity contribution in [2.24, 2.45) is 4.99 Å². The van der Waals surface area contributed by atoms with Crippen molar-refractivity contribution in [3.63, 3.8) is 0 Å². The number of H-pyrrole nitrogens is 2. The van der Waals surface area contributed by atoms with Crippen LogP contribution in [0.25, 0.3) is 6.08 Å². The van der Waals surface area contributed by atoms with Crippen molar-refractivity contribution in [3.05, 3.63) is 100 Å². The summed E-state index contributed by atoms with van der Waals surface area (Å²) in [4.78, 5) is 23.4. The van der Waals surface area contributed by atoms with Crippen LogP contribution in [0.2, 0.25) is 0 Å². The number of nitrogens with one attached hydrogen (secondary N) is 2. The molecule has 1 aliphatic heterocycles. The van der Waals surface area contributed by atoms with Crippen LogP contribution in [0.5, 0.6) is 0 Å². The van der Waals surface area contributed by atoms with E-state index in [0.29, 0.717) is 11.5 Å². The van der Waals surface area contributed by atoms with E-state index in [2.05, 4.69) is 52.4 Å². The summed E-state index contributed by atoms with van der Waals surface area (Å²) in [6.07, 6.45) is 15.0. The fourth-order valence-corrected chi connectivity index (χ4v) is 4.89. The molecule has 1 unspecified atom stereocenters. The fourth-order valence-electron chi connectivity index (χ4n) is 4.89. The molecule has 2 bridgehead atoms. The number of aromatic amines is 2. The topological polar surface area (TPSA) is 61.0 Å². The number of aromatic nitrogens is 2. The lowest BCUT2D eigenvalue weighted by atomic mass is 9.86. The van der Waals surface area contributed by atoms with Crippen LogP contribution in [0.15, 0.2) is 77.1 Å². The predicted molar refractivity (Wildman–Crippen MR) is 130 cm³/mol. The fraction of sp³-hybridized carbons (Fsp3) is 0.286. The van der Waals surface area contributed by atoms with E-state index in [9.17, 15) is 4.79 Å². The Morgan fingerprint density at radius 3 is 2.72 bits per heavy atom. The number of fused-ring (bicyclic) bond motifs is 2. The highest BCUT2D eigenvalue weighted by Gasteiger charge is 2.22. The molecule has 4 nitrogen and oxygen atoms in total. The third-order valence-electron chi connectivity index (χ3n) is 6.56. The lowest BCUT2D eigenvalue weighted by Gasteiger charge is -2.18. The summed E-state index contributed by atoms with van der Waals surface area (Å²) in [6, 6.07) is 17.1. The number of aryl methyl sites for hydroxylation is 1. The standard InChI is InChI=1S/C28H29N3O/c32-19-22-16-28(25-13-8-14-29-25)31-26(22)18-27-24-17-23(30-27)12-7-2-1-6-11-21(24)15-20-9-4-3-5-10-20/h3-5,8-10,13-14,16-19,21,29-30H,1-2,6-7,11-12,15H2. The number of benzene rings is 1. The molecule has 0 amide bonds. The molecular weight excluding hydrogens is 394 g/mol. The molecule has 1 aromatic carbocycles. The summed E-state index contributed by atoms with van der Waals surface area (Å²) in [7, 11) is 0. The Labute approximate surface area is 189 Å². The Balaban J connectivity index is 1.53. The summed E-state index contributed by atoms with van der Waals surface area (Å²) >= 11 is 0. The summed E-state index contributed by atoms with van der Waals surface area (Å²) in [5.41, 5.74) is 8.19. The highest BCUT2D eigenvalue weighted by molar-refractivity contribution is 6.14. The molecule has 2 aromatic heterocycles. The van der Waals surface area contributed by atoms with Crippen molar-refractivity contribution in [1.29, 1.82) is 0 Å². The van der Waals surface area contributed by atoms with Crippen LogP contribution in [-0.2, 0) is 17.6 Å². The lowest BCUT2D eigenvalue weighted by molar-refractivity contribution is -0.104. The van der Waals surface area contributed by atoms with Crippen LogP contribution in [0.3, 0.4) is 0 Å². The Kier molecular flexibility index (Phi) is 6.02. The van der Waals surface area contributed by atoms with E-state index in [-0.39, 0.29) is 0 Å². The molecule has 0 spiro atoms. The molecule has 0 fully saturated rings. The van der Waals surface area contributed by atoms with Gasteiger partial charge in [-0.15, -0.1) is 0 Å². The number of aldehydes is 1. The minimum Gasteiger partial charge on any atom is -0.360 e. The largest absolute Gasteiger partial charge is 0.360 e. The van der Waals surface area contributed by atoms with Gasteiger partial charge in [0.15, 0.2) is 6.29 Å². The molecular formula is C28H29N3O. The molecule has 1 atom stereocenters. The summed E-state index contributed by atoms with van der Waals surface area (Å²) in [5.74, 6) is 0.448. The van der Waals surface area contributed by atoms with Gasteiger partial charge in [0.1, 0.15) is 0 Å². The van der Waals surface area contributed by atoms with Gasteiger partial charge in [-0.1, -0.05) is 49.6 Å². The van der Waals surface area contributed by atoms with E-state index in [1.807, 2.05) is 24.4 Å². The van der Waals surface area contributed by atoms with Gasteiger partial charge in [0, 0.05) is 23.2 Å². The average molecular weight is 424 g/mol. The third-order valence-corrected chi connectivity index (χ3v) is 6.56. The van der Waals surface area contributed by atoms with E-state index >= 15 is 0 Å². The predicted octanol–water partition coefficient (Wildman–Crippen LogP) is 6.14. The zero-order valence-electron chi connectivity index (χ0n) is 18.3. The summed E-state index contributed by atoms with van der Waals surface area (Å²) in [5, 5.41) is 0. The number of carbonyl (C=O) groups is 1. The number of carbonyl (C=O) groups excluding carboxylic acids is 1. The highest BCUT2D eigenvalue weighted by Crippen LogP contribution is 2.34. The van der Waals surface area contributed by atoms with Crippen LogP contribution < -0.4 is 0 Å². The maximum Gasteiger partial charge on any atom is 0.152 e. The SMILES string of the molecule is O=CC1=CC(c2ccc[nH]2)=NC1=Cc1[nH]c2cc1C(Cc1ccccc1)CCCCCC2. The molecule has 4 heteroatoms. The number of hydrogen-bond donors (Lipinski definition) is 2. The smallest absolute Gasteiger partial charge is 0.152 e. The quantitative estimate of drug-likeness (QED) is 0.475. The van der Waals surface area contributed by atoms with Gasteiger partial charge in [0.25, 0.3) is 0 Å². The summed E-state index contributed by atoms with van der Waals surface area (Å²) < 4.78 is 0. The first-order chi connectivity index (χ1) is 15.8. The number of nitrogens with zero attached hydrogens (tertiary/aromatic N) is 1. The number of allylic oxidation sites excluding steroid dienone is 2. The van der Waals surface area contributed by atoms with Crippen LogP contribution in [0.4, 0.5) is 0 Å². The Morgan fingerprint density at radius 2 is 1.91 bits per heavy atom. The molecule has 2 aliphatic rings. The van der Waals surface area contributed by atoms with Gasteiger partial charge in [-0.05, 0) is 73.1 Å². The molecule has 2 N–H and O–H groups in total. The molecule has 3 aromatic rings. The van der Waals surface area contributed by atoms with Crippen molar-refractivity contribution in [2.75, 3.05) is 0 Å². The van der Waals surface area contributed by atoms with E-state index < -0.39 is 0 Å². The van der Waals surface area contributed by atoms with Gasteiger partial charge in [0.2, 0.25) is 0 Å². The van der Waals surface area contributed by atoms with E-state index in [4.69, 9.17) is 4.99 Å². The molecule has 3 heterocycles. The van der Waals surface area contributed by atoms with Gasteiger partial charge >= 0.3 is 0 Å². The van der Waals surface area contributed by atoms with E-state index in [1.54, 1.807) is 0 Å². The van der Waals surface area contributed by atoms with E-state index in [1.165, 1.54) is 48.9 Å². The monoisotopic (exact) mass is 423 g/mol. The van der Waals surface area contributed by atoms with Crippen LogP contribution in [0, 0.1) is 0 Å². The minimum atomic E-state index is 0.448. The van der Waals surface area contributed by atoms with E-state index in [0.717, 1.165) is 41.9 Å². The number of aliphatic imine (C=N–C) groups is 1. The highest BCUT2D eigenvalue weighted by atomic mass is 16.1. The first kappa shape index (κ1) is 20.5. The van der Waals surface area contributed by atoms with Gasteiger partial charge < -0.3 is 9.97 Å². The maximum atomic E-state index is 11.8. The van der Waals surface area contributed by atoms with Crippen molar-refractivity contribution >= 4 is 18.1 Å². The van der Waals surface area contributed by atoms with Crippen molar-refractivity contribution in [3.8, 4) is 0 Å². The normalized spacial score (nSPS) is 20.1. The average Bonchev–Trinajstić information content (AvgIpc) is 3.56.